The maximum absolute atomic E-state index is 13.5. The van der Waals surface area contributed by atoms with Gasteiger partial charge in [-0.25, -0.2) is 8.42 Å². The van der Waals surface area contributed by atoms with Crippen LogP contribution in [0.15, 0.2) is 71.6 Å². The predicted molar refractivity (Wildman–Crippen MR) is 135 cm³/mol. The fourth-order valence-electron chi connectivity index (χ4n) is 3.58. The molecule has 9 heteroatoms. The van der Waals surface area contributed by atoms with Gasteiger partial charge in [0.25, 0.3) is 10.0 Å². The molecule has 0 bridgehead atoms. The molecule has 0 fully saturated rings. The van der Waals surface area contributed by atoms with E-state index in [0.717, 1.165) is 21.2 Å². The van der Waals surface area contributed by atoms with E-state index in [9.17, 15) is 13.2 Å². The maximum Gasteiger partial charge on any atom is 0.264 e. The molecule has 8 nitrogen and oxygen atoms in total. The van der Waals surface area contributed by atoms with Crippen LogP contribution in [0.5, 0.6) is 17.2 Å². The first kappa shape index (κ1) is 25.9. The Bertz CT molecular complexity index is 1240. The van der Waals surface area contributed by atoms with Gasteiger partial charge in [0.15, 0.2) is 11.5 Å². The van der Waals surface area contributed by atoms with Crippen molar-refractivity contribution in [3.63, 3.8) is 0 Å². The van der Waals surface area contributed by atoms with Crippen molar-refractivity contribution in [1.29, 1.82) is 0 Å². The van der Waals surface area contributed by atoms with Crippen LogP contribution in [-0.2, 0) is 14.8 Å². The first-order chi connectivity index (χ1) is 16.7. The second-order valence-corrected chi connectivity index (χ2v) is 9.75. The minimum absolute atomic E-state index is 0.0232. The minimum Gasteiger partial charge on any atom is -0.493 e. The van der Waals surface area contributed by atoms with Gasteiger partial charge in [-0.3, -0.25) is 9.10 Å². The van der Waals surface area contributed by atoms with Crippen LogP contribution in [-0.4, -0.2) is 48.2 Å². The van der Waals surface area contributed by atoms with Crippen LogP contribution in [0.4, 0.5) is 5.69 Å². The highest BCUT2D eigenvalue weighted by atomic mass is 32.2. The molecule has 0 unspecified atom stereocenters. The summed E-state index contributed by atoms with van der Waals surface area (Å²) in [6.45, 7) is 4.05. The van der Waals surface area contributed by atoms with E-state index in [2.05, 4.69) is 5.32 Å². The van der Waals surface area contributed by atoms with Gasteiger partial charge in [-0.1, -0.05) is 24.3 Å². The average molecular weight is 499 g/mol. The van der Waals surface area contributed by atoms with E-state index in [1.165, 1.54) is 32.4 Å². The van der Waals surface area contributed by atoms with Gasteiger partial charge >= 0.3 is 0 Å². The fraction of sp³-hybridized carbons (Fsp3) is 0.269. The smallest absolute Gasteiger partial charge is 0.264 e. The minimum atomic E-state index is -4.08. The highest BCUT2D eigenvalue weighted by molar-refractivity contribution is 7.92. The summed E-state index contributed by atoms with van der Waals surface area (Å²) in [5, 5.41) is 2.73. The number of nitrogens with zero attached hydrogens (tertiary/aromatic N) is 1. The zero-order valence-corrected chi connectivity index (χ0v) is 21.1. The van der Waals surface area contributed by atoms with Gasteiger partial charge in [0, 0.05) is 6.07 Å². The molecule has 1 amide bonds. The summed E-state index contributed by atoms with van der Waals surface area (Å²) >= 11 is 0. The van der Waals surface area contributed by atoms with Gasteiger partial charge in [-0.2, -0.15) is 0 Å². The Balaban J connectivity index is 1.73. The molecule has 0 saturated heterocycles. The van der Waals surface area contributed by atoms with E-state index >= 15 is 0 Å². The van der Waals surface area contributed by atoms with Crippen LogP contribution >= 0.6 is 0 Å². The number of carbonyl (C=O) groups is 1. The Morgan fingerprint density at radius 3 is 2.17 bits per heavy atom. The number of nitrogens with one attached hydrogen (secondary N) is 1. The summed E-state index contributed by atoms with van der Waals surface area (Å²) in [5.41, 5.74) is 2.54. The van der Waals surface area contributed by atoms with Crippen molar-refractivity contribution < 1.29 is 27.4 Å². The molecule has 0 spiro atoms. The summed E-state index contributed by atoms with van der Waals surface area (Å²) < 4.78 is 44.3. The molecule has 3 aromatic carbocycles. The standard InChI is InChI=1S/C26H30N2O6S/c1-19-14-20(2)16-22(15-19)34-13-12-27-26(29)18-28(21-8-6-5-7-9-21)35(30,31)23-10-11-24(32-3)25(17-23)33-4/h5-11,14-17H,12-13,18H2,1-4H3,(H,27,29). The van der Waals surface area contributed by atoms with E-state index in [1.54, 1.807) is 30.3 Å². The maximum atomic E-state index is 13.5. The molecule has 0 aliphatic carbocycles. The summed E-state index contributed by atoms with van der Waals surface area (Å²) in [6.07, 6.45) is 0. The molecular formula is C26H30N2O6S. The van der Waals surface area contributed by atoms with Gasteiger partial charge in [-0.05, 0) is 61.4 Å². The third-order valence-electron chi connectivity index (χ3n) is 5.16. The molecule has 0 aromatic heterocycles. The lowest BCUT2D eigenvalue weighted by molar-refractivity contribution is -0.119. The molecule has 0 atom stereocenters. The fourth-order valence-corrected chi connectivity index (χ4v) is 5.01. The third-order valence-corrected chi connectivity index (χ3v) is 6.93. The van der Waals surface area contributed by atoms with E-state index in [0.29, 0.717) is 11.4 Å². The normalized spacial score (nSPS) is 11.0. The lowest BCUT2D eigenvalue weighted by Gasteiger charge is -2.24. The summed E-state index contributed by atoms with van der Waals surface area (Å²) in [4.78, 5) is 12.7. The van der Waals surface area contributed by atoms with Crippen molar-refractivity contribution in [3.05, 3.63) is 77.9 Å². The molecule has 1 N–H and O–H groups in total. The molecule has 0 heterocycles. The van der Waals surface area contributed by atoms with Crippen molar-refractivity contribution in [3.8, 4) is 17.2 Å². The number of aryl methyl sites for hydroxylation is 2. The third kappa shape index (κ3) is 6.66. The number of rotatable bonds is 11. The highest BCUT2D eigenvalue weighted by Crippen LogP contribution is 2.32. The zero-order chi connectivity index (χ0) is 25.4. The number of amides is 1. The van der Waals surface area contributed by atoms with Gasteiger partial charge in [-0.15, -0.1) is 0 Å². The van der Waals surface area contributed by atoms with E-state index < -0.39 is 22.5 Å². The number of hydrogen-bond donors (Lipinski definition) is 1. The lowest BCUT2D eigenvalue weighted by atomic mass is 10.1. The van der Waals surface area contributed by atoms with Crippen LogP contribution in [0.1, 0.15) is 11.1 Å². The van der Waals surface area contributed by atoms with E-state index in [-0.39, 0.29) is 23.8 Å². The monoisotopic (exact) mass is 498 g/mol. The number of benzene rings is 3. The number of hydrogen-bond acceptors (Lipinski definition) is 6. The van der Waals surface area contributed by atoms with Crippen molar-refractivity contribution in [2.75, 3.05) is 38.2 Å². The van der Waals surface area contributed by atoms with Gasteiger partial charge in [0.2, 0.25) is 5.91 Å². The Morgan fingerprint density at radius 2 is 1.54 bits per heavy atom. The van der Waals surface area contributed by atoms with Crippen LogP contribution in [0.3, 0.4) is 0 Å². The van der Waals surface area contributed by atoms with Crippen molar-refractivity contribution in [2.45, 2.75) is 18.7 Å². The number of para-hydroxylation sites is 1. The zero-order valence-electron chi connectivity index (χ0n) is 20.3. The predicted octanol–water partition coefficient (Wildman–Crippen LogP) is 3.71. The Morgan fingerprint density at radius 1 is 0.886 bits per heavy atom. The molecule has 35 heavy (non-hydrogen) atoms. The summed E-state index contributed by atoms with van der Waals surface area (Å²) in [6, 6.07) is 18.7. The molecule has 0 aliphatic heterocycles. The molecule has 0 saturated carbocycles. The topological polar surface area (TPSA) is 94.2 Å². The van der Waals surface area contributed by atoms with Crippen molar-refractivity contribution in [1.82, 2.24) is 5.32 Å². The second kappa shape index (κ2) is 11.6. The second-order valence-electron chi connectivity index (χ2n) is 7.89. The molecule has 0 radical (unpaired) electrons. The van der Waals surface area contributed by atoms with Gasteiger partial charge in [0.1, 0.15) is 18.9 Å². The number of anilines is 1. The van der Waals surface area contributed by atoms with Crippen molar-refractivity contribution >= 4 is 21.6 Å². The van der Waals surface area contributed by atoms with E-state index in [1.807, 2.05) is 32.0 Å². The molecule has 186 valence electrons. The molecule has 0 aliphatic rings. The van der Waals surface area contributed by atoms with Gasteiger partial charge < -0.3 is 19.5 Å². The van der Waals surface area contributed by atoms with Crippen LogP contribution in [0, 0.1) is 13.8 Å². The number of carbonyl (C=O) groups excluding carboxylic acids is 1. The number of methoxy groups -OCH3 is 2. The average Bonchev–Trinajstić information content (AvgIpc) is 2.84. The summed E-state index contributed by atoms with van der Waals surface area (Å²) in [5.74, 6) is 0.939. The lowest BCUT2D eigenvalue weighted by Crippen LogP contribution is -2.41. The van der Waals surface area contributed by atoms with Crippen LogP contribution < -0.4 is 23.8 Å². The Kier molecular flexibility index (Phi) is 8.59. The number of ether oxygens (including phenoxy) is 3. The highest BCUT2D eigenvalue weighted by Gasteiger charge is 2.28. The Labute approximate surface area is 206 Å². The molecule has 3 rings (SSSR count). The Hall–Kier alpha value is -3.72. The van der Waals surface area contributed by atoms with E-state index in [4.69, 9.17) is 14.2 Å². The quantitative estimate of drug-likeness (QED) is 0.405. The molecule has 3 aromatic rings. The SMILES string of the molecule is COc1ccc(S(=O)(=O)N(CC(=O)NCCOc2cc(C)cc(C)c2)c2ccccc2)cc1OC. The first-order valence-corrected chi connectivity index (χ1v) is 12.5. The van der Waals surface area contributed by atoms with Gasteiger partial charge in [0.05, 0.1) is 31.3 Å². The number of sulfonamides is 1. The van der Waals surface area contributed by atoms with Crippen LogP contribution in [0.2, 0.25) is 0 Å². The first-order valence-electron chi connectivity index (χ1n) is 11.0. The van der Waals surface area contributed by atoms with Crippen molar-refractivity contribution in [2.24, 2.45) is 0 Å². The van der Waals surface area contributed by atoms with Crippen LogP contribution in [0.25, 0.3) is 0 Å². The summed E-state index contributed by atoms with van der Waals surface area (Å²) in [7, 11) is -1.19. The molecular weight excluding hydrogens is 468 g/mol. The largest absolute Gasteiger partial charge is 0.493 e.